The quantitative estimate of drug-likeness (QED) is 0.391. The van der Waals surface area contributed by atoms with Crippen LogP contribution in [0, 0.1) is 5.41 Å². The van der Waals surface area contributed by atoms with Crippen LogP contribution in [0.25, 0.3) is 22.4 Å². The molecule has 5 heteroatoms. The van der Waals surface area contributed by atoms with Gasteiger partial charge < -0.3 is 10.3 Å². The fourth-order valence-electron chi connectivity index (χ4n) is 4.27. The summed E-state index contributed by atoms with van der Waals surface area (Å²) >= 11 is 1.69. The predicted octanol–water partition coefficient (Wildman–Crippen LogP) is 6.70. The number of rotatable bonds is 4. The normalized spacial score (nSPS) is 15.1. The molecule has 0 amide bonds. The van der Waals surface area contributed by atoms with Crippen molar-refractivity contribution in [2.75, 3.05) is 5.32 Å². The first-order valence-corrected chi connectivity index (χ1v) is 11.0. The highest BCUT2D eigenvalue weighted by atomic mass is 32.1. The molecule has 1 aliphatic carbocycles. The molecule has 30 heavy (non-hydrogen) atoms. The number of thiophene rings is 1. The topological polar surface area (TPSA) is 57.8 Å². The highest BCUT2D eigenvalue weighted by Gasteiger charge is 2.35. The van der Waals surface area contributed by atoms with Gasteiger partial charge in [-0.3, -0.25) is 9.78 Å². The molecule has 0 fully saturated rings. The second-order valence-corrected chi connectivity index (χ2v) is 9.40. The molecule has 0 saturated heterocycles. The summed E-state index contributed by atoms with van der Waals surface area (Å²) < 4.78 is 0. The molecule has 4 nitrogen and oxygen atoms in total. The molecule has 4 aromatic rings. The maximum Gasteiger partial charge on any atom is 0.167 e. The summed E-state index contributed by atoms with van der Waals surface area (Å²) in [6, 6.07) is 14.4. The van der Waals surface area contributed by atoms with Gasteiger partial charge in [-0.25, -0.2) is 0 Å². The Morgan fingerprint density at radius 2 is 1.87 bits per heavy atom. The van der Waals surface area contributed by atoms with Crippen LogP contribution >= 0.6 is 11.3 Å². The first kappa shape index (κ1) is 18.8. The van der Waals surface area contributed by atoms with Crippen molar-refractivity contribution in [2.45, 2.75) is 26.7 Å². The monoisotopic (exact) mass is 413 g/mol. The molecule has 0 spiro atoms. The molecule has 0 saturated carbocycles. The number of fused-ring (bicyclic) bond motifs is 1. The number of H-pyrrole nitrogens is 1. The van der Waals surface area contributed by atoms with E-state index in [-0.39, 0.29) is 11.2 Å². The minimum Gasteiger partial charge on any atom is -0.356 e. The van der Waals surface area contributed by atoms with Crippen molar-refractivity contribution < 1.29 is 4.79 Å². The van der Waals surface area contributed by atoms with Crippen LogP contribution in [-0.4, -0.2) is 15.8 Å². The summed E-state index contributed by atoms with van der Waals surface area (Å²) in [5, 5.41) is 7.80. The van der Waals surface area contributed by atoms with Crippen LogP contribution in [0.2, 0.25) is 0 Å². The van der Waals surface area contributed by atoms with E-state index in [1.165, 1.54) is 5.56 Å². The molecule has 0 atom stereocenters. The highest BCUT2D eigenvalue weighted by Crippen LogP contribution is 2.43. The van der Waals surface area contributed by atoms with Crippen molar-refractivity contribution >= 4 is 28.5 Å². The van der Waals surface area contributed by atoms with E-state index < -0.39 is 0 Å². The van der Waals surface area contributed by atoms with Gasteiger partial charge in [-0.2, -0.15) is 11.3 Å². The lowest BCUT2D eigenvalue weighted by atomic mass is 9.76. The predicted molar refractivity (Wildman–Crippen MR) is 123 cm³/mol. The number of hydrogen-bond acceptors (Lipinski definition) is 4. The van der Waals surface area contributed by atoms with Crippen molar-refractivity contribution in [3.05, 3.63) is 76.9 Å². The summed E-state index contributed by atoms with van der Waals surface area (Å²) in [5.41, 5.74) is 7.90. The Labute approximate surface area is 180 Å². The second-order valence-electron chi connectivity index (χ2n) is 8.62. The Hall–Kier alpha value is -3.18. The number of pyridine rings is 1. The summed E-state index contributed by atoms with van der Waals surface area (Å²) in [7, 11) is 0. The summed E-state index contributed by atoms with van der Waals surface area (Å²) in [5.74, 6) is 0.189. The van der Waals surface area contributed by atoms with E-state index >= 15 is 0 Å². The van der Waals surface area contributed by atoms with Gasteiger partial charge in [-0.15, -0.1) is 0 Å². The molecular formula is C25H23N3OS. The first-order chi connectivity index (χ1) is 14.5. The number of benzene rings is 1. The van der Waals surface area contributed by atoms with Gasteiger partial charge in [0.2, 0.25) is 0 Å². The fraction of sp³-hybridized carbons (Fsp3) is 0.200. The SMILES string of the molecule is CC1(C)CC(=O)c2c([nH]c(-c3ccncc3)c2Nc2cccc(-c3ccsc3)c2)C1. The molecule has 150 valence electrons. The molecule has 0 unspecified atom stereocenters. The number of nitrogens with one attached hydrogen (secondary N) is 2. The van der Waals surface area contributed by atoms with E-state index in [2.05, 4.69) is 58.1 Å². The lowest BCUT2D eigenvalue weighted by Gasteiger charge is -2.28. The zero-order valence-corrected chi connectivity index (χ0v) is 17.8. The van der Waals surface area contributed by atoms with Gasteiger partial charge in [0, 0.05) is 35.8 Å². The lowest BCUT2D eigenvalue weighted by molar-refractivity contribution is 0.0912. The van der Waals surface area contributed by atoms with Crippen LogP contribution in [-0.2, 0) is 6.42 Å². The highest BCUT2D eigenvalue weighted by molar-refractivity contribution is 7.08. The zero-order valence-electron chi connectivity index (χ0n) is 17.0. The number of nitrogens with zero attached hydrogens (tertiary/aromatic N) is 1. The van der Waals surface area contributed by atoms with E-state index in [1.54, 1.807) is 23.7 Å². The molecule has 1 aromatic carbocycles. The zero-order chi connectivity index (χ0) is 20.7. The average Bonchev–Trinajstić information content (AvgIpc) is 3.37. The van der Waals surface area contributed by atoms with Gasteiger partial charge in [-0.05, 0) is 64.1 Å². The maximum absolute atomic E-state index is 13.1. The van der Waals surface area contributed by atoms with Crippen LogP contribution < -0.4 is 5.32 Å². The number of Topliss-reactive ketones (excluding diaryl/α,β-unsaturated/α-hetero) is 1. The molecule has 0 aliphatic heterocycles. The Balaban J connectivity index is 1.62. The number of hydrogen-bond donors (Lipinski definition) is 2. The number of anilines is 2. The minimum absolute atomic E-state index is 0.0411. The Kier molecular flexibility index (Phi) is 4.55. The standard InChI is InChI=1S/C25H23N3OS/c1-25(2)13-20-22(21(29)14-25)24(23(28-20)16-6-9-26-10-7-16)27-19-5-3-4-17(12-19)18-8-11-30-15-18/h3-12,15,27-28H,13-14H2,1-2H3. The Bertz CT molecular complexity index is 1210. The van der Waals surface area contributed by atoms with Gasteiger partial charge in [0.1, 0.15) is 0 Å². The van der Waals surface area contributed by atoms with E-state index in [1.807, 2.05) is 24.3 Å². The second kappa shape index (κ2) is 7.26. The number of aromatic nitrogens is 2. The van der Waals surface area contributed by atoms with Crippen LogP contribution in [0.1, 0.15) is 36.3 Å². The third-order valence-electron chi connectivity index (χ3n) is 5.61. The maximum atomic E-state index is 13.1. The third-order valence-corrected chi connectivity index (χ3v) is 6.29. The molecule has 3 aromatic heterocycles. The molecule has 2 N–H and O–H groups in total. The van der Waals surface area contributed by atoms with Crippen molar-refractivity contribution in [1.29, 1.82) is 0 Å². The molecule has 0 bridgehead atoms. The molecule has 5 rings (SSSR count). The van der Waals surface area contributed by atoms with Gasteiger partial charge in [0.05, 0.1) is 16.9 Å². The molecule has 3 heterocycles. The van der Waals surface area contributed by atoms with Crippen LogP contribution in [0.5, 0.6) is 0 Å². The van der Waals surface area contributed by atoms with Gasteiger partial charge in [0.25, 0.3) is 0 Å². The van der Waals surface area contributed by atoms with Gasteiger partial charge >= 0.3 is 0 Å². The van der Waals surface area contributed by atoms with Crippen LogP contribution in [0.3, 0.4) is 0 Å². The minimum atomic E-state index is -0.0411. The van der Waals surface area contributed by atoms with E-state index in [9.17, 15) is 4.79 Å². The van der Waals surface area contributed by atoms with Crippen LogP contribution in [0.15, 0.2) is 65.6 Å². The van der Waals surface area contributed by atoms with Gasteiger partial charge in [-0.1, -0.05) is 26.0 Å². The third kappa shape index (κ3) is 3.46. The van der Waals surface area contributed by atoms with Crippen molar-refractivity contribution in [1.82, 2.24) is 9.97 Å². The summed E-state index contributed by atoms with van der Waals surface area (Å²) in [6.45, 7) is 4.30. The van der Waals surface area contributed by atoms with Gasteiger partial charge in [0.15, 0.2) is 5.78 Å². The van der Waals surface area contributed by atoms with E-state index in [4.69, 9.17) is 0 Å². The van der Waals surface area contributed by atoms with E-state index in [0.717, 1.165) is 45.9 Å². The Morgan fingerprint density at radius 1 is 1.03 bits per heavy atom. The fourth-order valence-corrected chi connectivity index (χ4v) is 4.93. The number of carbonyl (C=O) groups excluding carboxylic acids is 1. The van der Waals surface area contributed by atoms with E-state index in [0.29, 0.717) is 6.42 Å². The first-order valence-electron chi connectivity index (χ1n) is 10.1. The van der Waals surface area contributed by atoms with Crippen molar-refractivity contribution in [3.63, 3.8) is 0 Å². The number of carbonyl (C=O) groups is 1. The lowest BCUT2D eigenvalue weighted by Crippen LogP contribution is -2.26. The average molecular weight is 414 g/mol. The van der Waals surface area contributed by atoms with Crippen molar-refractivity contribution in [2.24, 2.45) is 5.41 Å². The number of ketones is 1. The van der Waals surface area contributed by atoms with Crippen LogP contribution in [0.4, 0.5) is 11.4 Å². The molecular weight excluding hydrogens is 390 g/mol. The summed E-state index contributed by atoms with van der Waals surface area (Å²) in [6.07, 6.45) is 4.96. The van der Waals surface area contributed by atoms with Crippen molar-refractivity contribution in [3.8, 4) is 22.4 Å². The molecule has 1 aliphatic rings. The Morgan fingerprint density at radius 3 is 2.63 bits per heavy atom. The summed E-state index contributed by atoms with van der Waals surface area (Å²) in [4.78, 5) is 20.8. The largest absolute Gasteiger partial charge is 0.356 e. The number of aromatic amines is 1. The smallest absolute Gasteiger partial charge is 0.167 e. The molecule has 0 radical (unpaired) electrons.